The van der Waals surface area contributed by atoms with Crippen molar-refractivity contribution in [2.75, 3.05) is 31.4 Å². The van der Waals surface area contributed by atoms with Crippen molar-refractivity contribution in [2.45, 2.75) is 6.61 Å². The van der Waals surface area contributed by atoms with Crippen LogP contribution in [0.2, 0.25) is 0 Å². The summed E-state index contributed by atoms with van der Waals surface area (Å²) >= 11 is 0. The van der Waals surface area contributed by atoms with Crippen LogP contribution in [0.4, 0.5) is 11.4 Å². The Labute approximate surface area is 114 Å². The van der Waals surface area contributed by atoms with E-state index in [9.17, 15) is 0 Å². The van der Waals surface area contributed by atoms with Crippen molar-refractivity contribution in [3.63, 3.8) is 0 Å². The molecule has 19 heavy (non-hydrogen) atoms. The van der Waals surface area contributed by atoms with E-state index in [0.29, 0.717) is 6.61 Å². The first kappa shape index (κ1) is 13.3. The molecule has 2 aromatic carbocycles. The van der Waals surface area contributed by atoms with Crippen molar-refractivity contribution < 1.29 is 4.74 Å². The highest BCUT2D eigenvalue weighted by atomic mass is 16.5. The zero-order valence-electron chi connectivity index (χ0n) is 11.7. The van der Waals surface area contributed by atoms with Crippen LogP contribution in [0.5, 0.6) is 5.75 Å². The van der Waals surface area contributed by atoms with Gasteiger partial charge in [0, 0.05) is 32.5 Å². The first-order valence-corrected chi connectivity index (χ1v) is 6.36. The summed E-state index contributed by atoms with van der Waals surface area (Å²) in [6.45, 7) is 0.590. The van der Waals surface area contributed by atoms with Crippen molar-refractivity contribution in [1.29, 1.82) is 0 Å². The molecule has 0 fully saturated rings. The summed E-state index contributed by atoms with van der Waals surface area (Å²) in [5.74, 6) is 0.885. The van der Waals surface area contributed by atoms with Gasteiger partial charge in [0.05, 0.1) is 0 Å². The third-order valence-corrected chi connectivity index (χ3v) is 3.00. The highest BCUT2D eigenvalue weighted by molar-refractivity contribution is 5.47. The minimum absolute atomic E-state index is 0.590. The van der Waals surface area contributed by atoms with E-state index in [4.69, 9.17) is 4.74 Å². The Morgan fingerprint density at radius 3 is 2.11 bits per heavy atom. The van der Waals surface area contributed by atoms with Gasteiger partial charge in [-0.1, -0.05) is 12.1 Å². The van der Waals surface area contributed by atoms with Gasteiger partial charge in [-0.3, -0.25) is 0 Å². The van der Waals surface area contributed by atoms with Crippen molar-refractivity contribution >= 4 is 11.4 Å². The lowest BCUT2D eigenvalue weighted by molar-refractivity contribution is 0.306. The van der Waals surface area contributed by atoms with Crippen LogP contribution < -0.4 is 15.0 Å². The summed E-state index contributed by atoms with van der Waals surface area (Å²) in [7, 11) is 5.98. The van der Waals surface area contributed by atoms with E-state index in [2.05, 4.69) is 34.5 Å². The Kier molecular flexibility index (Phi) is 4.29. The summed E-state index contributed by atoms with van der Waals surface area (Å²) in [4.78, 5) is 2.08. The Bertz CT molecular complexity index is 503. The molecule has 1 N–H and O–H groups in total. The molecule has 0 radical (unpaired) electrons. The van der Waals surface area contributed by atoms with E-state index >= 15 is 0 Å². The molecule has 0 saturated carbocycles. The van der Waals surface area contributed by atoms with Crippen molar-refractivity contribution in [1.82, 2.24) is 0 Å². The monoisotopic (exact) mass is 256 g/mol. The van der Waals surface area contributed by atoms with Crippen LogP contribution in [0, 0.1) is 0 Å². The predicted octanol–water partition coefficient (Wildman–Crippen LogP) is 3.37. The minimum Gasteiger partial charge on any atom is -0.489 e. The van der Waals surface area contributed by atoms with E-state index in [1.807, 2.05) is 45.4 Å². The van der Waals surface area contributed by atoms with Crippen molar-refractivity contribution in [3.05, 3.63) is 54.1 Å². The summed E-state index contributed by atoms with van der Waals surface area (Å²) < 4.78 is 5.75. The number of hydrogen-bond acceptors (Lipinski definition) is 3. The summed E-state index contributed by atoms with van der Waals surface area (Å²) in [6.07, 6.45) is 0. The highest BCUT2D eigenvalue weighted by Gasteiger charge is 1.98. The number of benzene rings is 2. The molecule has 0 aromatic heterocycles. The van der Waals surface area contributed by atoms with Crippen LogP contribution in [-0.4, -0.2) is 21.1 Å². The largest absolute Gasteiger partial charge is 0.489 e. The van der Waals surface area contributed by atoms with Crippen LogP contribution >= 0.6 is 0 Å². The molecule has 100 valence electrons. The Morgan fingerprint density at radius 1 is 0.947 bits per heavy atom. The molecule has 0 heterocycles. The number of hydrogen-bond donors (Lipinski definition) is 1. The lowest BCUT2D eigenvalue weighted by Gasteiger charge is -2.13. The Balaban J connectivity index is 1.94. The fourth-order valence-electron chi connectivity index (χ4n) is 1.77. The normalized spacial score (nSPS) is 10.1. The average molecular weight is 256 g/mol. The molecule has 0 aliphatic rings. The maximum absolute atomic E-state index is 5.75. The molecule has 2 aromatic rings. The van der Waals surface area contributed by atoms with Crippen molar-refractivity contribution in [3.8, 4) is 5.75 Å². The molecule has 0 atom stereocenters. The topological polar surface area (TPSA) is 24.5 Å². The second-order valence-electron chi connectivity index (χ2n) is 4.62. The number of rotatable bonds is 5. The minimum atomic E-state index is 0.590. The van der Waals surface area contributed by atoms with Crippen LogP contribution in [0.1, 0.15) is 5.56 Å². The smallest absolute Gasteiger partial charge is 0.119 e. The SMILES string of the molecule is CNc1ccc(OCc2ccc(N(C)C)cc2)cc1. The van der Waals surface area contributed by atoms with Gasteiger partial charge < -0.3 is 15.0 Å². The van der Waals surface area contributed by atoms with E-state index in [1.165, 1.54) is 11.3 Å². The predicted molar refractivity (Wildman–Crippen MR) is 81.1 cm³/mol. The molecule has 2 rings (SSSR count). The van der Waals surface area contributed by atoms with E-state index in [0.717, 1.165) is 11.4 Å². The highest BCUT2D eigenvalue weighted by Crippen LogP contribution is 2.18. The maximum atomic E-state index is 5.75. The fraction of sp³-hybridized carbons (Fsp3) is 0.250. The standard InChI is InChI=1S/C16H20N2O/c1-17-14-6-10-16(11-7-14)19-12-13-4-8-15(9-5-13)18(2)3/h4-11,17H,12H2,1-3H3. The Hall–Kier alpha value is -2.16. The van der Waals surface area contributed by atoms with Gasteiger partial charge in [-0.15, -0.1) is 0 Å². The number of nitrogens with zero attached hydrogens (tertiary/aromatic N) is 1. The molecule has 0 aliphatic carbocycles. The van der Waals surface area contributed by atoms with Gasteiger partial charge in [-0.25, -0.2) is 0 Å². The first-order chi connectivity index (χ1) is 9.19. The van der Waals surface area contributed by atoms with Gasteiger partial charge >= 0.3 is 0 Å². The lowest BCUT2D eigenvalue weighted by atomic mass is 10.2. The van der Waals surface area contributed by atoms with Crippen LogP contribution in [0.25, 0.3) is 0 Å². The third kappa shape index (κ3) is 3.65. The zero-order chi connectivity index (χ0) is 13.7. The third-order valence-electron chi connectivity index (χ3n) is 3.00. The van der Waals surface area contributed by atoms with Crippen LogP contribution in [0.15, 0.2) is 48.5 Å². The molecule has 0 aliphatic heterocycles. The maximum Gasteiger partial charge on any atom is 0.119 e. The van der Waals surface area contributed by atoms with Crippen LogP contribution in [0.3, 0.4) is 0 Å². The van der Waals surface area contributed by atoms with Gasteiger partial charge in [0.25, 0.3) is 0 Å². The lowest BCUT2D eigenvalue weighted by Crippen LogP contribution is -2.08. The number of anilines is 2. The van der Waals surface area contributed by atoms with Gasteiger partial charge in [-0.2, -0.15) is 0 Å². The average Bonchev–Trinajstić information content (AvgIpc) is 2.46. The second kappa shape index (κ2) is 6.14. The van der Waals surface area contributed by atoms with E-state index in [1.54, 1.807) is 0 Å². The van der Waals surface area contributed by atoms with Gasteiger partial charge in [0.2, 0.25) is 0 Å². The molecule has 3 heteroatoms. The van der Waals surface area contributed by atoms with Gasteiger partial charge in [-0.05, 0) is 42.0 Å². The molecule has 0 amide bonds. The van der Waals surface area contributed by atoms with Gasteiger partial charge in [0.1, 0.15) is 12.4 Å². The molecule has 0 bridgehead atoms. The molecule has 0 unspecified atom stereocenters. The molecule has 3 nitrogen and oxygen atoms in total. The molecular formula is C16H20N2O. The second-order valence-corrected chi connectivity index (χ2v) is 4.62. The zero-order valence-corrected chi connectivity index (χ0v) is 11.7. The van der Waals surface area contributed by atoms with Gasteiger partial charge in [0.15, 0.2) is 0 Å². The van der Waals surface area contributed by atoms with Crippen LogP contribution in [-0.2, 0) is 6.61 Å². The van der Waals surface area contributed by atoms with Crippen molar-refractivity contribution in [2.24, 2.45) is 0 Å². The number of nitrogens with one attached hydrogen (secondary N) is 1. The molecular weight excluding hydrogens is 236 g/mol. The Morgan fingerprint density at radius 2 is 1.58 bits per heavy atom. The first-order valence-electron chi connectivity index (χ1n) is 6.36. The molecule has 0 spiro atoms. The molecule has 0 saturated heterocycles. The summed E-state index contributed by atoms with van der Waals surface area (Å²) in [5, 5.41) is 3.08. The number of ether oxygens (including phenoxy) is 1. The van der Waals surface area contributed by atoms with E-state index < -0.39 is 0 Å². The summed E-state index contributed by atoms with van der Waals surface area (Å²) in [6, 6.07) is 16.3. The fourth-order valence-corrected chi connectivity index (χ4v) is 1.77. The summed E-state index contributed by atoms with van der Waals surface area (Å²) in [5.41, 5.74) is 3.45. The van der Waals surface area contributed by atoms with E-state index in [-0.39, 0.29) is 0 Å². The quantitative estimate of drug-likeness (QED) is 0.887.